The number of nitro groups is 1. The highest BCUT2D eigenvalue weighted by atomic mass is 19.1. The highest BCUT2D eigenvalue weighted by Crippen LogP contribution is 2.22. The lowest BCUT2D eigenvalue weighted by molar-refractivity contribution is -0.387. The molecule has 1 aromatic carbocycles. The molecule has 18 heavy (non-hydrogen) atoms. The average molecular weight is 258 g/mol. The molecule has 98 valence electrons. The third-order valence-electron chi connectivity index (χ3n) is 2.14. The Balaban J connectivity index is 2.79. The number of hydrogen-bond acceptors (Lipinski definition) is 5. The van der Waals surface area contributed by atoms with Crippen LogP contribution in [0.1, 0.15) is 6.92 Å². The molecule has 3 N–H and O–H groups in total. The minimum absolute atomic E-state index is 0.0315. The Labute approximate surface area is 101 Å². The summed E-state index contributed by atoms with van der Waals surface area (Å²) >= 11 is 0. The van der Waals surface area contributed by atoms with E-state index in [-0.39, 0.29) is 12.4 Å². The Hall–Kier alpha value is -2.22. The maximum atomic E-state index is 13.2. The Morgan fingerprint density at radius 2 is 2.28 bits per heavy atom. The van der Waals surface area contributed by atoms with E-state index < -0.39 is 27.9 Å². The van der Waals surface area contributed by atoms with Gasteiger partial charge in [-0.2, -0.15) is 4.39 Å². The molecule has 1 atom stereocenters. The van der Waals surface area contributed by atoms with E-state index in [1.54, 1.807) is 0 Å². The smallest absolute Gasteiger partial charge is 0.326 e. The summed E-state index contributed by atoms with van der Waals surface area (Å²) < 4.78 is 18.2. The lowest BCUT2D eigenvalue weighted by Crippen LogP contribution is -2.49. The largest absolute Gasteiger partial charge is 0.491 e. The number of nitro benzene ring substituents is 1. The van der Waals surface area contributed by atoms with Crippen LogP contribution in [0.25, 0.3) is 0 Å². The monoisotopic (exact) mass is 258 g/mol. The number of carboxylic acid groups (broad SMARTS) is 1. The Morgan fingerprint density at radius 3 is 2.72 bits per heavy atom. The zero-order chi connectivity index (χ0) is 13.9. The summed E-state index contributed by atoms with van der Waals surface area (Å²) in [5.41, 5.74) is 3.09. The van der Waals surface area contributed by atoms with Gasteiger partial charge in [-0.1, -0.05) is 0 Å². The Morgan fingerprint density at radius 1 is 1.67 bits per heavy atom. The number of carbonyl (C=O) groups is 1. The molecule has 7 nitrogen and oxygen atoms in total. The van der Waals surface area contributed by atoms with Crippen molar-refractivity contribution in [3.8, 4) is 5.75 Å². The number of benzene rings is 1. The molecule has 0 aromatic heterocycles. The zero-order valence-electron chi connectivity index (χ0n) is 9.42. The highest BCUT2D eigenvalue weighted by molar-refractivity contribution is 5.78. The third-order valence-corrected chi connectivity index (χ3v) is 2.14. The fraction of sp³-hybridized carbons (Fsp3) is 0.300. The number of carboxylic acids is 1. The predicted octanol–water partition coefficient (Wildman–Crippen LogP) is 0.915. The summed E-state index contributed by atoms with van der Waals surface area (Å²) in [5.74, 6) is -2.37. The van der Waals surface area contributed by atoms with Crippen LogP contribution in [0, 0.1) is 15.9 Å². The van der Waals surface area contributed by atoms with E-state index in [1.807, 2.05) is 0 Å². The molecule has 8 heteroatoms. The number of aliphatic carboxylic acids is 1. The van der Waals surface area contributed by atoms with Gasteiger partial charge in [0.05, 0.1) is 4.92 Å². The van der Waals surface area contributed by atoms with Crippen LogP contribution >= 0.6 is 0 Å². The fourth-order valence-corrected chi connectivity index (χ4v) is 1.02. The van der Waals surface area contributed by atoms with Crippen molar-refractivity contribution < 1.29 is 24.0 Å². The first-order valence-electron chi connectivity index (χ1n) is 4.83. The molecule has 0 aliphatic carbocycles. The average Bonchev–Trinajstić information content (AvgIpc) is 2.25. The van der Waals surface area contributed by atoms with Crippen molar-refractivity contribution in [1.82, 2.24) is 0 Å². The van der Waals surface area contributed by atoms with E-state index in [0.717, 1.165) is 12.1 Å². The zero-order valence-corrected chi connectivity index (χ0v) is 9.42. The molecular formula is C10H11FN2O5. The highest BCUT2D eigenvalue weighted by Gasteiger charge is 2.29. The summed E-state index contributed by atoms with van der Waals surface area (Å²) in [6.45, 7) is 0.844. The molecule has 0 fully saturated rings. The van der Waals surface area contributed by atoms with Crippen LogP contribution in [-0.4, -0.2) is 28.1 Å². The van der Waals surface area contributed by atoms with E-state index in [1.165, 1.54) is 13.0 Å². The van der Waals surface area contributed by atoms with Gasteiger partial charge in [0, 0.05) is 12.1 Å². The van der Waals surface area contributed by atoms with Crippen molar-refractivity contribution >= 4 is 11.7 Å². The van der Waals surface area contributed by atoms with Crippen LogP contribution in [0.15, 0.2) is 18.2 Å². The molecule has 0 bridgehead atoms. The van der Waals surface area contributed by atoms with E-state index in [0.29, 0.717) is 0 Å². The first kappa shape index (κ1) is 13.8. The summed E-state index contributed by atoms with van der Waals surface area (Å²) in [5, 5.41) is 19.1. The van der Waals surface area contributed by atoms with Gasteiger partial charge in [0.25, 0.3) is 0 Å². The summed E-state index contributed by atoms with van der Waals surface area (Å²) in [4.78, 5) is 20.2. The van der Waals surface area contributed by atoms with Crippen molar-refractivity contribution in [2.45, 2.75) is 12.5 Å². The number of halogens is 1. The van der Waals surface area contributed by atoms with Gasteiger partial charge in [-0.05, 0) is 13.0 Å². The van der Waals surface area contributed by atoms with Gasteiger partial charge in [0.1, 0.15) is 17.9 Å². The van der Waals surface area contributed by atoms with Crippen LogP contribution in [0.2, 0.25) is 0 Å². The van der Waals surface area contributed by atoms with Crippen LogP contribution in [0.4, 0.5) is 10.1 Å². The standard InChI is InChI=1S/C10H11FN2O5/c1-10(12,9(14)15)5-18-6-2-3-8(13(16)17)7(11)4-6/h2-4H,5,12H2,1H3,(H,14,15). The lowest BCUT2D eigenvalue weighted by Gasteiger charge is -2.19. The van der Waals surface area contributed by atoms with Gasteiger partial charge in [0.15, 0.2) is 0 Å². The molecule has 0 aliphatic heterocycles. The van der Waals surface area contributed by atoms with Crippen molar-refractivity contribution in [2.24, 2.45) is 5.73 Å². The molecule has 1 unspecified atom stereocenters. The molecular weight excluding hydrogens is 247 g/mol. The van der Waals surface area contributed by atoms with Gasteiger partial charge < -0.3 is 15.6 Å². The first-order chi connectivity index (χ1) is 8.24. The topological polar surface area (TPSA) is 116 Å². The second-order valence-electron chi connectivity index (χ2n) is 3.88. The molecule has 1 rings (SSSR count). The van der Waals surface area contributed by atoms with Gasteiger partial charge in [0.2, 0.25) is 5.82 Å². The van der Waals surface area contributed by atoms with Crippen LogP contribution < -0.4 is 10.5 Å². The van der Waals surface area contributed by atoms with Crippen LogP contribution in [0.3, 0.4) is 0 Å². The number of nitrogens with zero attached hydrogens (tertiary/aromatic N) is 1. The minimum atomic E-state index is -1.63. The number of nitrogens with two attached hydrogens (primary N) is 1. The van der Waals surface area contributed by atoms with Crippen LogP contribution in [-0.2, 0) is 4.79 Å². The summed E-state index contributed by atoms with van der Waals surface area (Å²) in [6, 6.07) is 2.90. The third kappa shape index (κ3) is 3.14. The predicted molar refractivity (Wildman–Crippen MR) is 58.8 cm³/mol. The number of rotatable bonds is 5. The lowest BCUT2D eigenvalue weighted by atomic mass is 10.1. The molecule has 0 radical (unpaired) electrons. The van der Waals surface area contributed by atoms with Crippen molar-refractivity contribution in [3.05, 3.63) is 34.1 Å². The second kappa shape index (κ2) is 4.96. The van der Waals surface area contributed by atoms with E-state index in [4.69, 9.17) is 15.6 Å². The van der Waals surface area contributed by atoms with Gasteiger partial charge in [-0.25, -0.2) is 0 Å². The quantitative estimate of drug-likeness (QED) is 0.599. The van der Waals surface area contributed by atoms with Crippen molar-refractivity contribution in [3.63, 3.8) is 0 Å². The maximum Gasteiger partial charge on any atom is 0.326 e. The van der Waals surface area contributed by atoms with Crippen molar-refractivity contribution in [2.75, 3.05) is 6.61 Å². The van der Waals surface area contributed by atoms with Crippen molar-refractivity contribution in [1.29, 1.82) is 0 Å². The van der Waals surface area contributed by atoms with Crippen LogP contribution in [0.5, 0.6) is 5.75 Å². The van der Waals surface area contributed by atoms with Gasteiger partial charge in [-0.3, -0.25) is 14.9 Å². The summed E-state index contributed by atoms with van der Waals surface area (Å²) in [6.07, 6.45) is 0. The van der Waals surface area contributed by atoms with Gasteiger partial charge in [-0.15, -0.1) is 0 Å². The number of ether oxygens (including phenoxy) is 1. The SMILES string of the molecule is CC(N)(COc1ccc([N+](=O)[O-])c(F)c1)C(=O)O. The Bertz CT molecular complexity index is 489. The molecule has 0 amide bonds. The summed E-state index contributed by atoms with van der Waals surface area (Å²) in [7, 11) is 0. The molecule has 1 aromatic rings. The molecule has 0 heterocycles. The fourth-order valence-electron chi connectivity index (χ4n) is 1.02. The second-order valence-corrected chi connectivity index (χ2v) is 3.88. The number of hydrogen-bond donors (Lipinski definition) is 2. The van der Waals surface area contributed by atoms with Gasteiger partial charge >= 0.3 is 11.7 Å². The molecule has 0 aliphatic rings. The molecule has 0 saturated heterocycles. The molecule has 0 spiro atoms. The van der Waals surface area contributed by atoms with E-state index in [2.05, 4.69) is 0 Å². The minimum Gasteiger partial charge on any atom is -0.491 e. The molecule has 0 saturated carbocycles. The normalized spacial score (nSPS) is 13.7. The first-order valence-corrected chi connectivity index (χ1v) is 4.83. The maximum absolute atomic E-state index is 13.2. The van der Waals surface area contributed by atoms with E-state index in [9.17, 15) is 19.3 Å². The Kier molecular flexibility index (Phi) is 3.82. The van der Waals surface area contributed by atoms with E-state index >= 15 is 0 Å².